The third-order valence-electron chi connectivity index (χ3n) is 9.58. The van der Waals surface area contributed by atoms with Crippen molar-refractivity contribution >= 4 is 65.6 Å². The van der Waals surface area contributed by atoms with Crippen molar-refractivity contribution in [2.75, 3.05) is 0 Å². The summed E-state index contributed by atoms with van der Waals surface area (Å²) in [6, 6.07) is 55.2. The van der Waals surface area contributed by atoms with Crippen LogP contribution in [0.2, 0.25) is 0 Å². The van der Waals surface area contributed by atoms with Crippen molar-refractivity contribution in [1.29, 1.82) is 5.26 Å². The number of rotatable bonds is 3. The number of benzene rings is 7. The largest absolute Gasteiger partial charge is 0.455 e. The van der Waals surface area contributed by atoms with Gasteiger partial charge in [-0.05, 0) is 60.2 Å². The Balaban J connectivity index is 1.22. The number of hydrogen-bond donors (Lipinski definition) is 0. The summed E-state index contributed by atoms with van der Waals surface area (Å²) in [5.74, 6) is 0. The second-order valence-electron chi connectivity index (χ2n) is 12.0. The molecule has 4 heteroatoms. The predicted molar refractivity (Wildman–Crippen MR) is 193 cm³/mol. The Kier molecular flexibility index (Phi) is 5.32. The van der Waals surface area contributed by atoms with Gasteiger partial charge in [-0.15, -0.1) is 0 Å². The van der Waals surface area contributed by atoms with Crippen LogP contribution in [0.3, 0.4) is 0 Å². The van der Waals surface area contributed by atoms with Crippen molar-refractivity contribution in [2.24, 2.45) is 0 Å². The summed E-state index contributed by atoms with van der Waals surface area (Å²) in [6.07, 6.45) is 0. The molecule has 10 rings (SSSR count). The Morgan fingerprint density at radius 1 is 0.468 bits per heavy atom. The molecular weight excluding hydrogens is 574 g/mol. The molecule has 0 atom stereocenters. The molecule has 0 N–H and O–H groups in total. The highest BCUT2D eigenvalue weighted by Crippen LogP contribution is 2.43. The van der Waals surface area contributed by atoms with Gasteiger partial charge in [0.2, 0.25) is 0 Å². The highest BCUT2D eigenvalue weighted by Gasteiger charge is 2.22. The lowest BCUT2D eigenvalue weighted by Gasteiger charge is -2.16. The molecule has 0 aliphatic rings. The van der Waals surface area contributed by atoms with E-state index in [4.69, 9.17) is 4.42 Å². The van der Waals surface area contributed by atoms with Crippen molar-refractivity contribution in [2.45, 2.75) is 0 Å². The molecule has 0 radical (unpaired) electrons. The molecule has 0 aliphatic heterocycles. The molecule has 0 amide bonds. The van der Waals surface area contributed by atoms with Crippen LogP contribution in [0.1, 0.15) is 5.56 Å². The molecule has 218 valence electrons. The number of hydrogen-bond acceptors (Lipinski definition) is 2. The number of aromatic nitrogens is 2. The minimum absolute atomic E-state index is 0.612. The molecule has 0 saturated carbocycles. The topological polar surface area (TPSA) is 46.8 Å². The molecule has 4 nitrogen and oxygen atoms in total. The van der Waals surface area contributed by atoms with Gasteiger partial charge in [0.1, 0.15) is 17.2 Å². The van der Waals surface area contributed by atoms with Gasteiger partial charge in [0.05, 0.1) is 38.7 Å². The van der Waals surface area contributed by atoms with Gasteiger partial charge in [0.25, 0.3) is 0 Å². The molecule has 0 aliphatic carbocycles. The minimum Gasteiger partial charge on any atom is -0.455 e. The van der Waals surface area contributed by atoms with Crippen molar-refractivity contribution < 1.29 is 4.42 Å². The van der Waals surface area contributed by atoms with E-state index in [1.54, 1.807) is 0 Å². The van der Waals surface area contributed by atoms with Gasteiger partial charge in [0, 0.05) is 38.2 Å². The minimum atomic E-state index is 0.612. The van der Waals surface area contributed by atoms with Gasteiger partial charge in [-0.1, -0.05) is 97.1 Å². The molecule has 0 bridgehead atoms. The zero-order chi connectivity index (χ0) is 31.1. The highest BCUT2D eigenvalue weighted by molar-refractivity contribution is 6.24. The second-order valence-corrected chi connectivity index (χ2v) is 12.0. The predicted octanol–water partition coefficient (Wildman–Crippen LogP) is 11.3. The fraction of sp³-hybridized carbons (Fsp3) is 0. The summed E-state index contributed by atoms with van der Waals surface area (Å²) >= 11 is 0. The molecule has 47 heavy (non-hydrogen) atoms. The van der Waals surface area contributed by atoms with Gasteiger partial charge in [-0.25, -0.2) is 0 Å². The Morgan fingerprint density at radius 3 is 1.79 bits per heavy atom. The summed E-state index contributed by atoms with van der Waals surface area (Å²) in [5.41, 5.74) is 10.7. The van der Waals surface area contributed by atoms with Gasteiger partial charge >= 0.3 is 0 Å². The maximum absolute atomic E-state index is 10.5. The normalized spacial score (nSPS) is 11.8. The van der Waals surface area contributed by atoms with E-state index in [1.165, 1.54) is 21.8 Å². The summed E-state index contributed by atoms with van der Waals surface area (Å²) < 4.78 is 11.1. The van der Waals surface area contributed by atoms with Crippen molar-refractivity contribution in [3.8, 4) is 28.6 Å². The fourth-order valence-electron chi connectivity index (χ4n) is 7.57. The maximum atomic E-state index is 10.5. The van der Waals surface area contributed by atoms with E-state index in [2.05, 4.69) is 137 Å². The van der Waals surface area contributed by atoms with Crippen LogP contribution >= 0.6 is 0 Å². The first-order chi connectivity index (χ1) is 23.3. The van der Waals surface area contributed by atoms with Crippen molar-refractivity contribution in [3.63, 3.8) is 0 Å². The van der Waals surface area contributed by atoms with E-state index in [1.807, 2.05) is 30.3 Å². The molecule has 7 aromatic carbocycles. The molecule has 10 aromatic rings. The first-order valence-electron chi connectivity index (χ1n) is 15.8. The van der Waals surface area contributed by atoms with Gasteiger partial charge < -0.3 is 13.6 Å². The third-order valence-corrected chi connectivity index (χ3v) is 9.58. The average Bonchev–Trinajstić information content (AvgIpc) is 3.79. The van der Waals surface area contributed by atoms with Crippen LogP contribution in [0.15, 0.2) is 156 Å². The van der Waals surface area contributed by atoms with E-state index < -0.39 is 0 Å². The molecule has 3 aromatic heterocycles. The Labute approximate surface area is 269 Å². The van der Waals surface area contributed by atoms with Crippen LogP contribution in [0.25, 0.3) is 88.1 Å². The first kappa shape index (κ1) is 25.7. The fourth-order valence-corrected chi connectivity index (χ4v) is 7.57. The quantitative estimate of drug-likeness (QED) is 0.203. The number of nitrogens with zero attached hydrogens (tertiary/aromatic N) is 3. The Bertz CT molecular complexity index is 2860. The highest BCUT2D eigenvalue weighted by atomic mass is 16.3. The van der Waals surface area contributed by atoms with E-state index in [9.17, 15) is 5.26 Å². The van der Waals surface area contributed by atoms with Gasteiger partial charge in [-0.2, -0.15) is 5.26 Å². The molecule has 0 unspecified atom stereocenters. The lowest BCUT2D eigenvalue weighted by molar-refractivity contribution is 0.673. The van der Waals surface area contributed by atoms with E-state index in [0.717, 1.165) is 66.2 Å². The zero-order valence-corrected chi connectivity index (χ0v) is 25.2. The number of furan rings is 1. The van der Waals surface area contributed by atoms with Crippen molar-refractivity contribution in [1.82, 2.24) is 9.13 Å². The zero-order valence-electron chi connectivity index (χ0n) is 25.2. The smallest absolute Gasteiger partial charge is 0.145 e. The summed E-state index contributed by atoms with van der Waals surface area (Å²) in [6.45, 7) is 0. The van der Waals surface area contributed by atoms with Crippen LogP contribution in [0, 0.1) is 11.3 Å². The van der Waals surface area contributed by atoms with Crippen LogP contribution in [-0.2, 0) is 0 Å². The SMILES string of the molecule is N#Cc1cccc(-c2ccc(-n3c4ccccc4c4ccccc43)cc2)c1-n1c2ccccc2c2c3oc4ccccc4c3ccc21. The average molecular weight is 600 g/mol. The molecule has 0 fully saturated rings. The van der Waals surface area contributed by atoms with Crippen LogP contribution in [0.4, 0.5) is 0 Å². The first-order valence-corrected chi connectivity index (χ1v) is 15.8. The Hall–Kier alpha value is -6.57. The van der Waals surface area contributed by atoms with E-state index in [-0.39, 0.29) is 0 Å². The molecular formula is C43H25N3O. The third kappa shape index (κ3) is 3.57. The van der Waals surface area contributed by atoms with Crippen LogP contribution < -0.4 is 0 Å². The summed E-state index contributed by atoms with van der Waals surface area (Å²) in [4.78, 5) is 0. The number of para-hydroxylation sites is 5. The lowest BCUT2D eigenvalue weighted by Crippen LogP contribution is -2.01. The lowest BCUT2D eigenvalue weighted by atomic mass is 9.99. The van der Waals surface area contributed by atoms with Gasteiger partial charge in [0.15, 0.2) is 0 Å². The molecule has 0 spiro atoms. The number of nitriles is 1. The van der Waals surface area contributed by atoms with Crippen LogP contribution in [0.5, 0.6) is 0 Å². The van der Waals surface area contributed by atoms with Crippen molar-refractivity contribution in [3.05, 3.63) is 157 Å². The monoisotopic (exact) mass is 599 g/mol. The molecule has 3 heterocycles. The Morgan fingerprint density at radius 2 is 1.09 bits per heavy atom. The molecule has 0 saturated heterocycles. The summed E-state index contributed by atoms with van der Waals surface area (Å²) in [5, 5.41) is 17.3. The van der Waals surface area contributed by atoms with Crippen LogP contribution in [-0.4, -0.2) is 9.13 Å². The summed E-state index contributed by atoms with van der Waals surface area (Å²) in [7, 11) is 0. The second kappa shape index (κ2) is 9.71. The maximum Gasteiger partial charge on any atom is 0.145 e. The van der Waals surface area contributed by atoms with E-state index in [0.29, 0.717) is 5.56 Å². The number of fused-ring (bicyclic) bond motifs is 10. The van der Waals surface area contributed by atoms with Gasteiger partial charge in [-0.3, -0.25) is 0 Å². The standard InChI is InChI=1S/C43H25N3O/c44-26-28-10-9-15-30(27-20-22-29(23-21-27)45-36-16-5-1-11-31(36)32-12-2-6-17-37(32)45)42(28)46-38-18-7-3-14-35(38)41-39(46)25-24-34-33-13-4-8-19-40(33)47-43(34)41/h1-25H. The van der Waals surface area contributed by atoms with E-state index >= 15 is 0 Å².